The molecule has 8 nitrogen and oxygen atoms in total. The van der Waals surface area contributed by atoms with E-state index in [1.54, 1.807) is 25.8 Å². The summed E-state index contributed by atoms with van der Waals surface area (Å²) in [5.41, 5.74) is 2.97. The molecular formula is C21H21N7O. The Hall–Kier alpha value is -3.86. The molecule has 0 saturated heterocycles. The van der Waals surface area contributed by atoms with Gasteiger partial charge in [0.2, 0.25) is 5.95 Å². The van der Waals surface area contributed by atoms with Crippen molar-refractivity contribution in [3.05, 3.63) is 72.3 Å². The molecule has 1 aromatic carbocycles. The second-order valence-electron chi connectivity index (χ2n) is 6.85. The van der Waals surface area contributed by atoms with E-state index in [1.165, 1.54) is 0 Å². The van der Waals surface area contributed by atoms with Gasteiger partial charge in [0.1, 0.15) is 18.2 Å². The molecule has 1 N–H and O–H groups in total. The average molecular weight is 387 g/mol. The van der Waals surface area contributed by atoms with Crippen LogP contribution in [-0.2, 0) is 11.3 Å². The van der Waals surface area contributed by atoms with Crippen LogP contribution in [0.1, 0.15) is 17.7 Å². The molecule has 8 heteroatoms. The topological polar surface area (TPSA) is 93.6 Å². The van der Waals surface area contributed by atoms with Crippen LogP contribution in [0.3, 0.4) is 0 Å². The number of anilines is 2. The number of methoxy groups -OCH3 is 1. The van der Waals surface area contributed by atoms with Gasteiger partial charge in [-0.2, -0.15) is 5.26 Å². The molecule has 0 bridgehead atoms. The summed E-state index contributed by atoms with van der Waals surface area (Å²) in [5, 5.41) is 17.2. The van der Waals surface area contributed by atoms with Gasteiger partial charge in [-0.05, 0) is 43.7 Å². The third kappa shape index (κ3) is 4.19. The van der Waals surface area contributed by atoms with Crippen molar-refractivity contribution in [2.45, 2.75) is 19.9 Å². The van der Waals surface area contributed by atoms with Gasteiger partial charge >= 0.3 is 0 Å². The van der Waals surface area contributed by atoms with Crippen molar-refractivity contribution < 1.29 is 4.74 Å². The van der Waals surface area contributed by atoms with Gasteiger partial charge in [-0.1, -0.05) is 6.08 Å². The van der Waals surface area contributed by atoms with E-state index in [0.29, 0.717) is 17.4 Å². The number of allylic oxidation sites excluding steroid dienone is 3. The highest BCUT2D eigenvalue weighted by Gasteiger charge is 2.12. The van der Waals surface area contributed by atoms with Crippen molar-refractivity contribution in [3.8, 4) is 11.8 Å². The molecule has 0 saturated carbocycles. The van der Waals surface area contributed by atoms with E-state index in [-0.39, 0.29) is 0 Å². The minimum atomic E-state index is 0.353. The predicted molar refractivity (Wildman–Crippen MR) is 109 cm³/mol. The molecule has 29 heavy (non-hydrogen) atoms. The predicted octanol–water partition coefficient (Wildman–Crippen LogP) is 3.49. The van der Waals surface area contributed by atoms with Crippen molar-refractivity contribution in [1.29, 1.82) is 5.26 Å². The summed E-state index contributed by atoms with van der Waals surface area (Å²) in [6, 6.07) is 7.80. The molecule has 0 radical (unpaired) electrons. The maximum atomic E-state index is 9.53. The van der Waals surface area contributed by atoms with E-state index >= 15 is 0 Å². The van der Waals surface area contributed by atoms with E-state index in [0.717, 1.165) is 35.8 Å². The Bertz CT molecular complexity index is 1120. The average Bonchev–Trinajstić information content (AvgIpc) is 3.37. The molecular weight excluding hydrogens is 366 g/mol. The number of ether oxygens (including phenoxy) is 1. The zero-order valence-corrected chi connectivity index (χ0v) is 16.3. The van der Waals surface area contributed by atoms with Crippen LogP contribution >= 0.6 is 0 Å². The summed E-state index contributed by atoms with van der Waals surface area (Å²) in [6.45, 7) is 2.65. The van der Waals surface area contributed by atoms with Crippen LogP contribution in [0.4, 0.5) is 11.6 Å². The monoisotopic (exact) mass is 387 g/mol. The fraction of sp³-hybridized carbons (Fsp3) is 0.238. The first-order chi connectivity index (χ1) is 14.1. The first-order valence-corrected chi connectivity index (χ1v) is 9.28. The Kier molecular flexibility index (Phi) is 5.12. The fourth-order valence-corrected chi connectivity index (χ4v) is 3.22. The van der Waals surface area contributed by atoms with Gasteiger partial charge in [-0.15, -0.1) is 5.10 Å². The summed E-state index contributed by atoms with van der Waals surface area (Å²) in [4.78, 5) is 8.54. The van der Waals surface area contributed by atoms with Gasteiger partial charge in [0.15, 0.2) is 0 Å². The molecule has 1 aliphatic carbocycles. The van der Waals surface area contributed by atoms with Crippen LogP contribution in [0.5, 0.6) is 0 Å². The summed E-state index contributed by atoms with van der Waals surface area (Å²) in [6.07, 6.45) is 12.4. The van der Waals surface area contributed by atoms with E-state index in [2.05, 4.69) is 38.6 Å². The van der Waals surface area contributed by atoms with E-state index in [1.807, 2.05) is 40.6 Å². The van der Waals surface area contributed by atoms with E-state index < -0.39 is 0 Å². The van der Waals surface area contributed by atoms with Crippen LogP contribution in [0.25, 0.3) is 5.69 Å². The second-order valence-corrected chi connectivity index (χ2v) is 6.85. The Morgan fingerprint density at radius 1 is 1.31 bits per heavy atom. The van der Waals surface area contributed by atoms with Crippen LogP contribution in [-0.4, -0.2) is 31.4 Å². The number of nitrogens with zero attached hydrogens (tertiary/aromatic N) is 6. The normalized spacial score (nSPS) is 15.6. The highest BCUT2D eigenvalue weighted by Crippen LogP contribution is 2.22. The number of rotatable bonds is 6. The molecule has 2 heterocycles. The number of nitriles is 1. The zero-order chi connectivity index (χ0) is 20.2. The van der Waals surface area contributed by atoms with Gasteiger partial charge in [0.25, 0.3) is 0 Å². The number of aryl methyl sites for hydroxylation is 1. The van der Waals surface area contributed by atoms with Crippen LogP contribution in [0, 0.1) is 24.2 Å². The van der Waals surface area contributed by atoms with E-state index in [9.17, 15) is 5.26 Å². The van der Waals surface area contributed by atoms with Crippen LogP contribution < -0.4 is 5.32 Å². The number of aromatic nitrogens is 5. The third-order valence-electron chi connectivity index (χ3n) is 4.71. The molecule has 0 aliphatic heterocycles. The quantitative estimate of drug-likeness (QED) is 0.696. The molecule has 1 aliphatic rings. The summed E-state index contributed by atoms with van der Waals surface area (Å²) in [5.74, 6) is 1.74. The fourth-order valence-electron chi connectivity index (χ4n) is 3.22. The number of hydrogen-bond acceptors (Lipinski definition) is 6. The molecule has 1 unspecified atom stereocenters. The minimum Gasteiger partial charge on any atom is -0.497 e. The number of imidazole rings is 1. The maximum absolute atomic E-state index is 9.53. The lowest BCUT2D eigenvalue weighted by Crippen LogP contribution is -2.11. The smallest absolute Gasteiger partial charge is 0.246 e. The van der Waals surface area contributed by atoms with Gasteiger partial charge < -0.3 is 14.6 Å². The molecule has 0 spiro atoms. The van der Waals surface area contributed by atoms with Gasteiger partial charge in [-0.25, -0.2) is 9.97 Å². The number of hydrogen-bond donors (Lipinski definition) is 1. The van der Waals surface area contributed by atoms with Crippen molar-refractivity contribution in [2.75, 3.05) is 12.4 Å². The summed E-state index contributed by atoms with van der Waals surface area (Å²) >= 11 is 0. The SMILES string of the molecule is COC1=CCC(Cn2cnc(Nc3ccc(-n4cnc(C)c4)c(C#N)c3)n2)C=C1. The third-order valence-corrected chi connectivity index (χ3v) is 4.71. The lowest BCUT2D eigenvalue weighted by Gasteiger charge is -2.15. The van der Waals surface area contributed by atoms with Crippen LogP contribution in [0.2, 0.25) is 0 Å². The van der Waals surface area contributed by atoms with Gasteiger partial charge in [0, 0.05) is 24.3 Å². The largest absolute Gasteiger partial charge is 0.497 e. The Labute approximate surface area is 168 Å². The Balaban J connectivity index is 1.44. The van der Waals surface area contributed by atoms with Crippen LogP contribution in [0.15, 0.2) is 61.0 Å². The highest BCUT2D eigenvalue weighted by molar-refractivity contribution is 5.62. The lowest BCUT2D eigenvalue weighted by atomic mass is 10.0. The van der Waals surface area contributed by atoms with Gasteiger partial charge in [-0.3, -0.25) is 4.68 Å². The molecule has 4 rings (SSSR count). The zero-order valence-electron chi connectivity index (χ0n) is 16.3. The molecule has 2 aromatic heterocycles. The first-order valence-electron chi connectivity index (χ1n) is 9.28. The molecule has 3 aromatic rings. The molecule has 146 valence electrons. The highest BCUT2D eigenvalue weighted by atomic mass is 16.5. The van der Waals surface area contributed by atoms with E-state index in [4.69, 9.17) is 4.74 Å². The first kappa shape index (κ1) is 18.5. The van der Waals surface area contributed by atoms with Gasteiger partial charge in [0.05, 0.1) is 30.4 Å². The van der Waals surface area contributed by atoms with Crippen molar-refractivity contribution in [1.82, 2.24) is 24.3 Å². The number of nitrogens with one attached hydrogen (secondary N) is 1. The summed E-state index contributed by atoms with van der Waals surface area (Å²) < 4.78 is 8.87. The summed E-state index contributed by atoms with van der Waals surface area (Å²) in [7, 11) is 1.67. The van der Waals surface area contributed by atoms with Crippen molar-refractivity contribution in [2.24, 2.45) is 5.92 Å². The van der Waals surface area contributed by atoms with Crippen molar-refractivity contribution in [3.63, 3.8) is 0 Å². The molecule has 0 fully saturated rings. The second kappa shape index (κ2) is 8.02. The van der Waals surface area contributed by atoms with Crippen molar-refractivity contribution >= 4 is 11.6 Å². The molecule has 1 atom stereocenters. The lowest BCUT2D eigenvalue weighted by molar-refractivity contribution is 0.300. The maximum Gasteiger partial charge on any atom is 0.246 e. The standard InChI is InChI=1S/C21H21N7O/c1-15-11-27(13-23-15)20-8-5-18(9-17(20)10-22)25-21-24-14-28(26-21)12-16-3-6-19(29-2)7-4-16/h3,5-9,11,13-14,16H,4,12H2,1-2H3,(H,25,26). The number of benzene rings is 1. The Morgan fingerprint density at radius 2 is 2.21 bits per heavy atom. The molecule has 0 amide bonds. The Morgan fingerprint density at radius 3 is 2.90 bits per heavy atom. The minimum absolute atomic E-state index is 0.353.